The van der Waals surface area contributed by atoms with Gasteiger partial charge in [-0.15, -0.1) is 12.4 Å². The SMILES string of the molecule is CC(OC1CCCCCC1)C(=O)N1CC[C@@H]2CNC[C@@H]2CC1.Cl. The van der Waals surface area contributed by atoms with Crippen LogP contribution >= 0.6 is 12.4 Å². The van der Waals surface area contributed by atoms with Crippen molar-refractivity contribution in [3.63, 3.8) is 0 Å². The van der Waals surface area contributed by atoms with Crippen LogP contribution < -0.4 is 5.32 Å². The van der Waals surface area contributed by atoms with Crippen molar-refractivity contribution in [1.29, 1.82) is 0 Å². The summed E-state index contributed by atoms with van der Waals surface area (Å²) in [5.74, 6) is 1.77. The topological polar surface area (TPSA) is 41.6 Å². The zero-order chi connectivity index (χ0) is 15.4. The Hall–Kier alpha value is -0.320. The molecule has 0 aromatic heterocycles. The number of ether oxygens (including phenoxy) is 1. The highest BCUT2D eigenvalue weighted by Gasteiger charge is 2.33. The first-order chi connectivity index (χ1) is 10.7. The third-order valence-corrected chi connectivity index (χ3v) is 5.88. The second-order valence-corrected chi connectivity index (χ2v) is 7.47. The summed E-state index contributed by atoms with van der Waals surface area (Å²) in [6.45, 7) is 6.07. The van der Waals surface area contributed by atoms with Crippen molar-refractivity contribution in [1.82, 2.24) is 10.2 Å². The van der Waals surface area contributed by atoms with E-state index >= 15 is 0 Å². The first-order valence-corrected chi connectivity index (χ1v) is 9.39. The summed E-state index contributed by atoms with van der Waals surface area (Å²) < 4.78 is 6.12. The van der Waals surface area contributed by atoms with Gasteiger partial charge in [0.1, 0.15) is 6.10 Å². The van der Waals surface area contributed by atoms with Crippen molar-refractivity contribution in [2.45, 2.75) is 70.5 Å². The van der Waals surface area contributed by atoms with E-state index in [0.29, 0.717) is 6.10 Å². The van der Waals surface area contributed by atoms with Gasteiger partial charge in [-0.25, -0.2) is 0 Å². The second-order valence-electron chi connectivity index (χ2n) is 7.47. The molecule has 0 spiro atoms. The number of amides is 1. The van der Waals surface area contributed by atoms with Gasteiger partial charge < -0.3 is 15.0 Å². The lowest BCUT2D eigenvalue weighted by atomic mass is 9.92. The van der Waals surface area contributed by atoms with Gasteiger partial charge in [0.05, 0.1) is 6.10 Å². The van der Waals surface area contributed by atoms with E-state index in [1.54, 1.807) is 0 Å². The van der Waals surface area contributed by atoms with Crippen LogP contribution in [-0.2, 0) is 9.53 Å². The summed E-state index contributed by atoms with van der Waals surface area (Å²) in [7, 11) is 0. The van der Waals surface area contributed by atoms with Gasteiger partial charge in [-0.05, 0) is 57.5 Å². The Balaban J connectivity index is 0.00000192. The molecule has 3 aliphatic rings. The van der Waals surface area contributed by atoms with Crippen LogP contribution in [0.15, 0.2) is 0 Å². The number of nitrogens with one attached hydrogen (secondary N) is 1. The van der Waals surface area contributed by atoms with E-state index in [-0.39, 0.29) is 24.4 Å². The summed E-state index contributed by atoms with van der Waals surface area (Å²) in [4.78, 5) is 14.8. The summed E-state index contributed by atoms with van der Waals surface area (Å²) in [5, 5.41) is 3.49. The van der Waals surface area contributed by atoms with Crippen LogP contribution in [0.25, 0.3) is 0 Å². The van der Waals surface area contributed by atoms with Gasteiger partial charge in [0.25, 0.3) is 5.91 Å². The van der Waals surface area contributed by atoms with E-state index in [1.165, 1.54) is 25.7 Å². The van der Waals surface area contributed by atoms with Crippen LogP contribution in [0.5, 0.6) is 0 Å². The fraction of sp³-hybridized carbons (Fsp3) is 0.944. The molecule has 2 saturated heterocycles. The standard InChI is InChI=1S/C18H32N2O2.ClH/c1-14(22-17-6-4-2-3-5-7-17)18(21)20-10-8-15-12-19-13-16(15)9-11-20;/h14-17,19H,2-13H2,1H3;1H/t14?,15-,16+;. The lowest BCUT2D eigenvalue weighted by molar-refractivity contribution is -0.146. The maximum Gasteiger partial charge on any atom is 0.251 e. The molecule has 134 valence electrons. The Labute approximate surface area is 147 Å². The molecule has 0 radical (unpaired) electrons. The van der Waals surface area contributed by atoms with Crippen LogP contribution in [0, 0.1) is 11.8 Å². The number of carbonyl (C=O) groups excluding carboxylic acids is 1. The van der Waals surface area contributed by atoms with Gasteiger partial charge >= 0.3 is 0 Å². The largest absolute Gasteiger partial charge is 0.365 e. The van der Waals surface area contributed by atoms with Crippen molar-refractivity contribution in [2.75, 3.05) is 26.2 Å². The smallest absolute Gasteiger partial charge is 0.251 e. The van der Waals surface area contributed by atoms with Crippen molar-refractivity contribution in [3.8, 4) is 0 Å². The van der Waals surface area contributed by atoms with Crippen LogP contribution in [0.4, 0.5) is 0 Å². The number of rotatable bonds is 3. The van der Waals surface area contributed by atoms with Gasteiger partial charge in [0.2, 0.25) is 0 Å². The molecule has 1 aliphatic carbocycles. The molecule has 1 N–H and O–H groups in total. The molecule has 23 heavy (non-hydrogen) atoms. The van der Waals surface area contributed by atoms with E-state index in [1.807, 2.05) is 6.92 Å². The summed E-state index contributed by atoms with van der Waals surface area (Å²) in [6.07, 6.45) is 9.77. The fourth-order valence-corrected chi connectivity index (χ4v) is 4.42. The normalized spacial score (nSPS) is 30.7. The molecule has 2 heterocycles. The highest BCUT2D eigenvalue weighted by Crippen LogP contribution is 2.28. The van der Waals surface area contributed by atoms with Crippen LogP contribution in [0.2, 0.25) is 0 Å². The van der Waals surface area contributed by atoms with E-state index < -0.39 is 0 Å². The van der Waals surface area contributed by atoms with Gasteiger partial charge in [-0.1, -0.05) is 25.7 Å². The number of hydrogen-bond acceptors (Lipinski definition) is 3. The number of fused-ring (bicyclic) bond motifs is 1. The maximum absolute atomic E-state index is 12.7. The van der Waals surface area contributed by atoms with Crippen LogP contribution in [-0.4, -0.2) is 49.2 Å². The number of halogens is 1. The molecule has 0 bridgehead atoms. The third kappa shape index (κ3) is 5.07. The van der Waals surface area contributed by atoms with Crippen molar-refractivity contribution in [3.05, 3.63) is 0 Å². The number of carbonyl (C=O) groups is 1. The fourth-order valence-electron chi connectivity index (χ4n) is 4.42. The van der Waals surface area contributed by atoms with E-state index in [4.69, 9.17) is 4.74 Å². The third-order valence-electron chi connectivity index (χ3n) is 5.88. The molecule has 3 rings (SSSR count). The zero-order valence-corrected chi connectivity index (χ0v) is 15.3. The monoisotopic (exact) mass is 344 g/mol. The maximum atomic E-state index is 12.7. The van der Waals surface area contributed by atoms with E-state index in [2.05, 4.69) is 10.2 Å². The predicted molar refractivity (Wildman–Crippen MR) is 94.9 cm³/mol. The lowest BCUT2D eigenvalue weighted by Crippen LogP contribution is -2.41. The second kappa shape index (κ2) is 9.24. The Kier molecular flexibility index (Phi) is 7.64. The molecular formula is C18H33ClN2O2. The van der Waals surface area contributed by atoms with E-state index in [0.717, 1.165) is 63.7 Å². The average molecular weight is 345 g/mol. The molecule has 0 aromatic rings. The zero-order valence-electron chi connectivity index (χ0n) is 14.5. The highest BCUT2D eigenvalue weighted by molar-refractivity contribution is 5.85. The minimum atomic E-state index is -0.265. The minimum Gasteiger partial charge on any atom is -0.365 e. The van der Waals surface area contributed by atoms with Crippen molar-refractivity contribution in [2.24, 2.45) is 11.8 Å². The molecule has 1 saturated carbocycles. The van der Waals surface area contributed by atoms with Gasteiger partial charge in [0.15, 0.2) is 0 Å². The van der Waals surface area contributed by atoms with Gasteiger partial charge in [-0.3, -0.25) is 4.79 Å². The van der Waals surface area contributed by atoms with Crippen molar-refractivity contribution >= 4 is 18.3 Å². The Morgan fingerprint density at radius 2 is 1.57 bits per heavy atom. The first-order valence-electron chi connectivity index (χ1n) is 9.39. The molecule has 2 aliphatic heterocycles. The average Bonchev–Trinajstić information content (AvgIpc) is 2.72. The molecule has 3 fully saturated rings. The highest BCUT2D eigenvalue weighted by atomic mass is 35.5. The minimum absolute atomic E-state index is 0. The summed E-state index contributed by atoms with van der Waals surface area (Å²) >= 11 is 0. The molecule has 4 nitrogen and oxygen atoms in total. The molecule has 1 unspecified atom stereocenters. The Morgan fingerprint density at radius 3 is 2.13 bits per heavy atom. The van der Waals surface area contributed by atoms with Crippen LogP contribution in [0.3, 0.4) is 0 Å². The lowest BCUT2D eigenvalue weighted by Gasteiger charge is -2.27. The molecule has 0 aromatic carbocycles. The van der Waals surface area contributed by atoms with Gasteiger partial charge in [0, 0.05) is 13.1 Å². The molecule has 5 heteroatoms. The van der Waals surface area contributed by atoms with Gasteiger partial charge in [-0.2, -0.15) is 0 Å². The quantitative estimate of drug-likeness (QED) is 0.800. The number of likely N-dealkylation sites (tertiary alicyclic amines) is 1. The Bertz CT molecular complexity index is 358. The van der Waals surface area contributed by atoms with E-state index in [9.17, 15) is 4.79 Å². The summed E-state index contributed by atoms with van der Waals surface area (Å²) in [5.41, 5.74) is 0. The molecule has 1 amide bonds. The Morgan fingerprint density at radius 1 is 1.00 bits per heavy atom. The first kappa shape index (κ1) is 19.0. The number of nitrogens with zero attached hydrogens (tertiary/aromatic N) is 1. The predicted octanol–water partition coefficient (Wildman–Crippen LogP) is 2.99. The number of hydrogen-bond donors (Lipinski definition) is 1. The van der Waals surface area contributed by atoms with Crippen molar-refractivity contribution < 1.29 is 9.53 Å². The van der Waals surface area contributed by atoms with Crippen LogP contribution in [0.1, 0.15) is 58.3 Å². The summed E-state index contributed by atoms with van der Waals surface area (Å²) in [6, 6.07) is 0. The molecule has 3 atom stereocenters. The molecular weight excluding hydrogens is 312 g/mol.